The second-order valence-electron chi connectivity index (χ2n) is 6.75. The van der Waals surface area contributed by atoms with Crippen LogP contribution in [0, 0.1) is 11.6 Å². The summed E-state index contributed by atoms with van der Waals surface area (Å²) < 4.78 is 32.0. The third-order valence-electron chi connectivity index (χ3n) is 4.77. The Bertz CT molecular complexity index is 1010. The molecular weight excluding hydrogens is 362 g/mol. The third kappa shape index (κ3) is 4.46. The molecule has 1 unspecified atom stereocenters. The predicted molar refractivity (Wildman–Crippen MR) is 106 cm³/mol. The normalized spacial score (nSPS) is 12.2. The molecule has 1 atom stereocenters. The number of fused-ring (bicyclic) bond motifs is 1. The fourth-order valence-electron chi connectivity index (χ4n) is 2.95. The summed E-state index contributed by atoms with van der Waals surface area (Å²) in [6.45, 7) is 2.28. The van der Waals surface area contributed by atoms with Crippen LogP contribution in [0.5, 0.6) is 5.75 Å². The molecule has 1 N–H and O–H groups in total. The third-order valence-corrected chi connectivity index (χ3v) is 4.77. The number of anilines is 1. The molecule has 0 aromatic heterocycles. The molecule has 3 aromatic carbocycles. The molecule has 28 heavy (non-hydrogen) atoms. The van der Waals surface area contributed by atoms with Gasteiger partial charge in [-0.25, -0.2) is 8.78 Å². The van der Waals surface area contributed by atoms with Crippen molar-refractivity contribution in [1.82, 2.24) is 4.90 Å². The molecule has 0 fully saturated rings. The Labute approximate surface area is 162 Å². The van der Waals surface area contributed by atoms with Crippen LogP contribution in [0.4, 0.5) is 14.5 Å². The van der Waals surface area contributed by atoms with E-state index >= 15 is 0 Å². The lowest BCUT2D eigenvalue weighted by Crippen LogP contribution is -2.39. The highest BCUT2D eigenvalue weighted by atomic mass is 19.1. The second-order valence-corrected chi connectivity index (χ2v) is 6.75. The molecule has 0 bridgehead atoms. The highest BCUT2D eigenvalue weighted by Crippen LogP contribution is 2.23. The van der Waals surface area contributed by atoms with Crippen molar-refractivity contribution in [2.75, 3.05) is 19.5 Å². The fraction of sp³-hybridized carbons (Fsp3) is 0.227. The molecule has 0 aliphatic heterocycles. The number of nitrogens with zero attached hydrogens (tertiary/aromatic N) is 1. The quantitative estimate of drug-likeness (QED) is 0.676. The Morgan fingerprint density at radius 2 is 1.79 bits per heavy atom. The SMILES string of the molecule is COc1ccc2cc(CN(C)C(C)C(=O)Nc3ccc(F)cc3F)ccc2c1. The van der Waals surface area contributed by atoms with Gasteiger partial charge in [-0.1, -0.05) is 18.2 Å². The molecule has 0 spiro atoms. The molecule has 3 rings (SSSR count). The number of nitrogens with one attached hydrogen (secondary N) is 1. The van der Waals surface area contributed by atoms with E-state index in [-0.39, 0.29) is 11.6 Å². The standard InChI is InChI=1S/C22H22F2N2O2/c1-14(22(27)25-21-9-7-18(23)12-20(21)24)26(2)13-15-4-5-17-11-19(28-3)8-6-16(17)10-15/h4-12,14H,13H2,1-3H3,(H,25,27). The van der Waals surface area contributed by atoms with Gasteiger partial charge >= 0.3 is 0 Å². The average Bonchev–Trinajstić information content (AvgIpc) is 2.68. The molecule has 0 aliphatic carbocycles. The number of hydrogen-bond acceptors (Lipinski definition) is 3. The van der Waals surface area contributed by atoms with E-state index in [1.807, 2.05) is 42.3 Å². The minimum Gasteiger partial charge on any atom is -0.497 e. The number of amides is 1. The first kappa shape index (κ1) is 19.8. The number of benzene rings is 3. The smallest absolute Gasteiger partial charge is 0.241 e. The molecule has 0 saturated carbocycles. The van der Waals surface area contributed by atoms with Gasteiger partial charge < -0.3 is 10.1 Å². The van der Waals surface area contributed by atoms with Crippen LogP contribution in [-0.4, -0.2) is 31.0 Å². The van der Waals surface area contributed by atoms with Crippen molar-refractivity contribution < 1.29 is 18.3 Å². The lowest BCUT2D eigenvalue weighted by Gasteiger charge is -2.24. The zero-order valence-electron chi connectivity index (χ0n) is 16.0. The zero-order valence-corrected chi connectivity index (χ0v) is 16.0. The Balaban J connectivity index is 1.68. The summed E-state index contributed by atoms with van der Waals surface area (Å²) in [5.74, 6) is -1.04. The predicted octanol–water partition coefficient (Wildman–Crippen LogP) is 4.59. The fourth-order valence-corrected chi connectivity index (χ4v) is 2.95. The van der Waals surface area contributed by atoms with Crippen molar-refractivity contribution in [3.05, 3.63) is 71.8 Å². The van der Waals surface area contributed by atoms with E-state index in [2.05, 4.69) is 11.4 Å². The number of likely N-dealkylation sites (N-methyl/N-ethyl adjacent to an activating group) is 1. The van der Waals surface area contributed by atoms with E-state index in [9.17, 15) is 13.6 Å². The van der Waals surface area contributed by atoms with Crippen molar-refractivity contribution in [2.45, 2.75) is 19.5 Å². The highest BCUT2D eigenvalue weighted by Gasteiger charge is 2.19. The topological polar surface area (TPSA) is 41.6 Å². The molecule has 0 saturated heterocycles. The number of carbonyl (C=O) groups excluding carboxylic acids is 1. The molecule has 4 nitrogen and oxygen atoms in total. The molecule has 0 heterocycles. The van der Waals surface area contributed by atoms with E-state index < -0.39 is 17.7 Å². The van der Waals surface area contributed by atoms with E-state index in [1.165, 1.54) is 6.07 Å². The highest BCUT2D eigenvalue weighted by molar-refractivity contribution is 5.94. The molecule has 0 aliphatic rings. The zero-order chi connectivity index (χ0) is 20.3. The van der Waals surface area contributed by atoms with Crippen LogP contribution in [0.2, 0.25) is 0 Å². The van der Waals surface area contributed by atoms with Crippen LogP contribution in [0.3, 0.4) is 0 Å². The van der Waals surface area contributed by atoms with Gasteiger partial charge in [0.25, 0.3) is 0 Å². The Hall–Kier alpha value is -2.99. The van der Waals surface area contributed by atoms with Gasteiger partial charge in [0.15, 0.2) is 0 Å². The molecular formula is C22H22F2N2O2. The van der Waals surface area contributed by atoms with Crippen LogP contribution in [0.15, 0.2) is 54.6 Å². The Kier molecular flexibility index (Phi) is 5.90. The summed E-state index contributed by atoms with van der Waals surface area (Å²) in [7, 11) is 3.46. The van der Waals surface area contributed by atoms with Gasteiger partial charge in [0.2, 0.25) is 5.91 Å². The van der Waals surface area contributed by atoms with Gasteiger partial charge in [-0.15, -0.1) is 0 Å². The van der Waals surface area contributed by atoms with E-state index in [0.29, 0.717) is 6.54 Å². The summed E-state index contributed by atoms with van der Waals surface area (Å²) in [5, 5.41) is 4.66. The molecule has 146 valence electrons. The van der Waals surface area contributed by atoms with Crippen molar-refractivity contribution in [2.24, 2.45) is 0 Å². The lowest BCUT2D eigenvalue weighted by molar-refractivity contribution is -0.120. The first-order valence-electron chi connectivity index (χ1n) is 8.90. The Morgan fingerprint density at radius 1 is 1.07 bits per heavy atom. The number of methoxy groups -OCH3 is 1. The summed E-state index contributed by atoms with van der Waals surface area (Å²) in [5.41, 5.74) is 1.01. The first-order valence-corrected chi connectivity index (χ1v) is 8.90. The maximum Gasteiger partial charge on any atom is 0.241 e. The van der Waals surface area contributed by atoms with Gasteiger partial charge in [0, 0.05) is 12.6 Å². The number of rotatable bonds is 6. The van der Waals surface area contributed by atoms with Crippen LogP contribution in [0.25, 0.3) is 10.8 Å². The van der Waals surface area contributed by atoms with Crippen LogP contribution in [-0.2, 0) is 11.3 Å². The van der Waals surface area contributed by atoms with Gasteiger partial charge in [-0.3, -0.25) is 9.69 Å². The molecule has 0 radical (unpaired) electrons. The molecule has 1 amide bonds. The monoisotopic (exact) mass is 384 g/mol. The van der Waals surface area contributed by atoms with Crippen molar-refractivity contribution in [1.29, 1.82) is 0 Å². The maximum absolute atomic E-state index is 13.7. The molecule has 6 heteroatoms. The number of ether oxygens (including phenoxy) is 1. The van der Waals surface area contributed by atoms with E-state index in [1.54, 1.807) is 14.0 Å². The summed E-state index contributed by atoms with van der Waals surface area (Å²) >= 11 is 0. The van der Waals surface area contributed by atoms with Crippen molar-refractivity contribution >= 4 is 22.4 Å². The maximum atomic E-state index is 13.7. The number of carbonyl (C=O) groups is 1. The van der Waals surface area contributed by atoms with Crippen molar-refractivity contribution in [3.8, 4) is 5.75 Å². The lowest BCUT2D eigenvalue weighted by atomic mass is 10.1. The summed E-state index contributed by atoms with van der Waals surface area (Å²) in [6, 6.07) is 14.5. The first-order chi connectivity index (χ1) is 13.4. The second kappa shape index (κ2) is 8.35. The van der Waals surface area contributed by atoms with E-state index in [4.69, 9.17) is 4.74 Å². The summed E-state index contributed by atoms with van der Waals surface area (Å²) in [4.78, 5) is 14.3. The number of halogens is 2. The van der Waals surface area contributed by atoms with Crippen molar-refractivity contribution in [3.63, 3.8) is 0 Å². The number of hydrogen-bond donors (Lipinski definition) is 1. The van der Waals surface area contributed by atoms with Crippen LogP contribution < -0.4 is 10.1 Å². The summed E-state index contributed by atoms with van der Waals surface area (Å²) in [6.07, 6.45) is 0. The minimum absolute atomic E-state index is 0.0358. The van der Waals surface area contributed by atoms with Gasteiger partial charge in [-0.2, -0.15) is 0 Å². The van der Waals surface area contributed by atoms with Gasteiger partial charge in [0.05, 0.1) is 18.8 Å². The van der Waals surface area contributed by atoms with Crippen LogP contribution in [0.1, 0.15) is 12.5 Å². The van der Waals surface area contributed by atoms with Gasteiger partial charge in [0.1, 0.15) is 17.4 Å². The van der Waals surface area contributed by atoms with Crippen LogP contribution >= 0.6 is 0 Å². The van der Waals surface area contributed by atoms with Gasteiger partial charge in [-0.05, 0) is 60.6 Å². The Morgan fingerprint density at radius 3 is 2.50 bits per heavy atom. The largest absolute Gasteiger partial charge is 0.497 e. The minimum atomic E-state index is -0.798. The average molecular weight is 384 g/mol. The molecule has 3 aromatic rings. The van der Waals surface area contributed by atoms with E-state index in [0.717, 1.165) is 34.2 Å².